The van der Waals surface area contributed by atoms with Crippen molar-refractivity contribution in [1.82, 2.24) is 10.3 Å². The van der Waals surface area contributed by atoms with E-state index in [0.717, 1.165) is 42.6 Å². The van der Waals surface area contributed by atoms with Crippen molar-refractivity contribution in [1.29, 1.82) is 0 Å². The Morgan fingerprint density at radius 3 is 2.55 bits per heavy atom. The molecule has 0 atom stereocenters. The molecule has 2 aromatic rings. The van der Waals surface area contributed by atoms with Crippen LogP contribution in [0.1, 0.15) is 24.0 Å². The molecule has 0 bridgehead atoms. The molecule has 3 N–H and O–H groups in total. The third kappa shape index (κ3) is 3.39. The first-order chi connectivity index (χ1) is 10.7. The van der Waals surface area contributed by atoms with E-state index in [2.05, 4.69) is 21.7 Å². The molecular formula is C18H21N3O. The lowest BCUT2D eigenvalue weighted by Crippen LogP contribution is -2.26. The number of aromatic nitrogens is 1. The van der Waals surface area contributed by atoms with Gasteiger partial charge in [-0.25, -0.2) is 0 Å². The van der Waals surface area contributed by atoms with Crippen LogP contribution in [0.2, 0.25) is 0 Å². The first kappa shape index (κ1) is 14.4. The number of nitrogens with zero attached hydrogens (tertiary/aromatic N) is 1. The highest BCUT2D eigenvalue weighted by molar-refractivity contribution is 5.49. The fourth-order valence-electron chi connectivity index (χ4n) is 2.49. The number of aromatic hydroxyl groups is 1. The first-order valence-corrected chi connectivity index (χ1v) is 7.64. The van der Waals surface area contributed by atoms with E-state index in [9.17, 15) is 5.11 Å². The summed E-state index contributed by atoms with van der Waals surface area (Å²) in [4.78, 5) is 4.02. The van der Waals surface area contributed by atoms with Crippen LogP contribution < -0.4 is 10.6 Å². The van der Waals surface area contributed by atoms with Crippen LogP contribution in [0.25, 0.3) is 0 Å². The molecule has 0 radical (unpaired) electrons. The van der Waals surface area contributed by atoms with Crippen LogP contribution in [0.5, 0.6) is 5.75 Å². The van der Waals surface area contributed by atoms with Gasteiger partial charge in [0.1, 0.15) is 5.75 Å². The molecule has 0 spiro atoms. The molecule has 4 nitrogen and oxygen atoms in total. The van der Waals surface area contributed by atoms with Gasteiger partial charge in [0.15, 0.2) is 0 Å². The Morgan fingerprint density at radius 2 is 1.86 bits per heavy atom. The Labute approximate surface area is 130 Å². The molecule has 1 aromatic heterocycles. The largest absolute Gasteiger partial charge is 0.508 e. The van der Waals surface area contributed by atoms with E-state index in [4.69, 9.17) is 0 Å². The summed E-state index contributed by atoms with van der Waals surface area (Å²) >= 11 is 0. The van der Waals surface area contributed by atoms with E-state index in [0.29, 0.717) is 5.75 Å². The van der Waals surface area contributed by atoms with Gasteiger partial charge in [0.2, 0.25) is 0 Å². The molecule has 0 saturated carbocycles. The monoisotopic (exact) mass is 295 g/mol. The summed E-state index contributed by atoms with van der Waals surface area (Å²) in [6, 6.07) is 9.82. The molecule has 114 valence electrons. The van der Waals surface area contributed by atoms with Crippen LogP contribution in [0.4, 0.5) is 5.69 Å². The van der Waals surface area contributed by atoms with E-state index in [1.54, 1.807) is 12.4 Å². The molecule has 1 aliphatic rings. The fourth-order valence-corrected chi connectivity index (χ4v) is 2.49. The van der Waals surface area contributed by atoms with Crippen molar-refractivity contribution in [2.45, 2.75) is 26.2 Å². The molecule has 0 fully saturated rings. The standard InChI is InChI=1S/C18H21N3O/c1-13-2-3-14(12-18(13)22)6-11-20-16-4-5-17(16)21-15-7-9-19-10-8-15/h2-3,7-10,12,20,22H,4-6,11H2,1H3,(H,19,21). The molecule has 1 heterocycles. The predicted octanol–water partition coefficient (Wildman–Crippen LogP) is 3.35. The number of pyridine rings is 1. The van der Waals surface area contributed by atoms with Crippen LogP contribution in [0.3, 0.4) is 0 Å². The van der Waals surface area contributed by atoms with Crippen molar-refractivity contribution in [3.05, 3.63) is 65.2 Å². The Kier molecular flexibility index (Phi) is 4.28. The van der Waals surface area contributed by atoms with Gasteiger partial charge in [-0.05, 0) is 55.5 Å². The SMILES string of the molecule is Cc1ccc(CCNC2=C(Nc3ccncc3)CC2)cc1O. The lowest BCUT2D eigenvalue weighted by molar-refractivity contribution is 0.470. The number of nitrogens with one attached hydrogen (secondary N) is 2. The quantitative estimate of drug-likeness (QED) is 0.765. The molecule has 0 aliphatic heterocycles. The Bertz CT molecular complexity index is 680. The normalized spacial score (nSPS) is 13.7. The topological polar surface area (TPSA) is 57.2 Å². The van der Waals surface area contributed by atoms with E-state index < -0.39 is 0 Å². The summed E-state index contributed by atoms with van der Waals surface area (Å²) in [5, 5.41) is 16.6. The van der Waals surface area contributed by atoms with Gasteiger partial charge in [-0.15, -0.1) is 0 Å². The second-order valence-electron chi connectivity index (χ2n) is 5.62. The van der Waals surface area contributed by atoms with E-state index in [1.165, 1.54) is 11.4 Å². The number of phenols is 1. The van der Waals surface area contributed by atoms with E-state index in [-0.39, 0.29) is 0 Å². The van der Waals surface area contributed by atoms with Gasteiger partial charge < -0.3 is 15.7 Å². The highest BCUT2D eigenvalue weighted by Gasteiger charge is 2.16. The van der Waals surface area contributed by atoms with Gasteiger partial charge in [0, 0.05) is 36.0 Å². The number of aryl methyl sites for hydroxylation is 1. The average Bonchev–Trinajstić information content (AvgIpc) is 2.52. The zero-order chi connectivity index (χ0) is 15.4. The summed E-state index contributed by atoms with van der Waals surface area (Å²) in [6.45, 7) is 2.78. The van der Waals surface area contributed by atoms with E-state index >= 15 is 0 Å². The predicted molar refractivity (Wildman–Crippen MR) is 88.7 cm³/mol. The lowest BCUT2D eigenvalue weighted by Gasteiger charge is -2.26. The van der Waals surface area contributed by atoms with Gasteiger partial charge in [0.25, 0.3) is 0 Å². The summed E-state index contributed by atoms with van der Waals surface area (Å²) < 4.78 is 0. The molecule has 1 aliphatic carbocycles. The van der Waals surface area contributed by atoms with Crippen LogP contribution in [0, 0.1) is 6.92 Å². The van der Waals surface area contributed by atoms with Gasteiger partial charge >= 0.3 is 0 Å². The number of hydrogen-bond donors (Lipinski definition) is 3. The zero-order valence-electron chi connectivity index (χ0n) is 12.8. The maximum absolute atomic E-state index is 9.73. The Balaban J connectivity index is 1.53. The third-order valence-electron chi connectivity index (χ3n) is 3.99. The van der Waals surface area contributed by atoms with Gasteiger partial charge in [-0.3, -0.25) is 4.98 Å². The summed E-state index contributed by atoms with van der Waals surface area (Å²) in [5.41, 5.74) is 5.69. The third-order valence-corrected chi connectivity index (χ3v) is 3.99. The smallest absolute Gasteiger partial charge is 0.118 e. The number of hydrogen-bond acceptors (Lipinski definition) is 4. The molecule has 0 saturated heterocycles. The number of rotatable bonds is 6. The first-order valence-electron chi connectivity index (χ1n) is 7.64. The van der Waals surface area contributed by atoms with Gasteiger partial charge in [0.05, 0.1) is 0 Å². The van der Waals surface area contributed by atoms with Crippen molar-refractivity contribution >= 4 is 5.69 Å². The van der Waals surface area contributed by atoms with Crippen molar-refractivity contribution in [3.8, 4) is 5.75 Å². The fraction of sp³-hybridized carbons (Fsp3) is 0.278. The summed E-state index contributed by atoms with van der Waals surface area (Å²) in [5.74, 6) is 0.375. The average molecular weight is 295 g/mol. The van der Waals surface area contributed by atoms with Crippen LogP contribution in [-0.4, -0.2) is 16.6 Å². The second kappa shape index (κ2) is 6.52. The van der Waals surface area contributed by atoms with Crippen LogP contribution in [-0.2, 0) is 6.42 Å². The maximum Gasteiger partial charge on any atom is 0.118 e. The molecular weight excluding hydrogens is 274 g/mol. The molecule has 3 rings (SSSR count). The van der Waals surface area contributed by atoms with Crippen molar-refractivity contribution < 1.29 is 5.11 Å². The van der Waals surface area contributed by atoms with Crippen LogP contribution >= 0.6 is 0 Å². The maximum atomic E-state index is 9.73. The highest BCUT2D eigenvalue weighted by atomic mass is 16.3. The van der Waals surface area contributed by atoms with E-state index in [1.807, 2.05) is 31.2 Å². The number of phenolic OH excluding ortho intramolecular Hbond substituents is 1. The van der Waals surface area contributed by atoms with Crippen LogP contribution in [0.15, 0.2) is 54.1 Å². The summed E-state index contributed by atoms with van der Waals surface area (Å²) in [7, 11) is 0. The minimum absolute atomic E-state index is 0.375. The van der Waals surface area contributed by atoms with Crippen molar-refractivity contribution in [3.63, 3.8) is 0 Å². The zero-order valence-corrected chi connectivity index (χ0v) is 12.8. The number of benzene rings is 1. The summed E-state index contributed by atoms with van der Waals surface area (Å²) in [6.07, 6.45) is 6.65. The Hall–Kier alpha value is -2.49. The van der Waals surface area contributed by atoms with Gasteiger partial charge in [-0.1, -0.05) is 12.1 Å². The minimum Gasteiger partial charge on any atom is -0.508 e. The second-order valence-corrected chi connectivity index (χ2v) is 5.62. The lowest BCUT2D eigenvalue weighted by atomic mass is 10.00. The minimum atomic E-state index is 0.375. The van der Waals surface area contributed by atoms with Crippen molar-refractivity contribution in [2.75, 3.05) is 11.9 Å². The van der Waals surface area contributed by atoms with Gasteiger partial charge in [-0.2, -0.15) is 0 Å². The van der Waals surface area contributed by atoms with Crippen molar-refractivity contribution in [2.24, 2.45) is 0 Å². The molecule has 0 unspecified atom stereocenters. The molecule has 1 aromatic carbocycles. The molecule has 0 amide bonds. The number of allylic oxidation sites excluding steroid dienone is 2. The highest BCUT2D eigenvalue weighted by Crippen LogP contribution is 2.26. The molecule has 22 heavy (non-hydrogen) atoms. The number of anilines is 1. The Morgan fingerprint density at radius 1 is 1.09 bits per heavy atom. The molecule has 4 heteroatoms.